The van der Waals surface area contributed by atoms with Gasteiger partial charge in [0.15, 0.2) is 11.5 Å². The van der Waals surface area contributed by atoms with E-state index in [1.807, 2.05) is 25.1 Å². The largest absolute Gasteiger partial charge is 0.493 e. The monoisotopic (exact) mass is 389 g/mol. The SMILES string of the molecule is COc1ccc(CNC(=O)c2sc(CCN3CCCC3)nc2C)cc1OC. The van der Waals surface area contributed by atoms with Crippen LogP contribution < -0.4 is 14.8 Å². The van der Waals surface area contributed by atoms with Crippen LogP contribution in [0.3, 0.4) is 0 Å². The molecule has 27 heavy (non-hydrogen) atoms. The lowest BCUT2D eigenvalue weighted by atomic mass is 10.2. The minimum absolute atomic E-state index is 0.0767. The molecular formula is C20H27N3O3S. The fourth-order valence-corrected chi connectivity index (χ4v) is 4.25. The Bertz CT molecular complexity index is 785. The quantitative estimate of drug-likeness (QED) is 0.752. The summed E-state index contributed by atoms with van der Waals surface area (Å²) < 4.78 is 10.6. The summed E-state index contributed by atoms with van der Waals surface area (Å²) >= 11 is 1.51. The summed E-state index contributed by atoms with van der Waals surface area (Å²) in [5.41, 5.74) is 1.76. The maximum absolute atomic E-state index is 12.6. The van der Waals surface area contributed by atoms with Gasteiger partial charge in [0.2, 0.25) is 0 Å². The van der Waals surface area contributed by atoms with Crippen LogP contribution in [-0.4, -0.2) is 49.6 Å². The fourth-order valence-electron chi connectivity index (χ4n) is 3.28. The van der Waals surface area contributed by atoms with Crippen molar-refractivity contribution in [3.8, 4) is 11.5 Å². The molecule has 1 aliphatic heterocycles. The molecule has 2 heterocycles. The Morgan fingerprint density at radius 3 is 2.67 bits per heavy atom. The van der Waals surface area contributed by atoms with Crippen molar-refractivity contribution in [3.63, 3.8) is 0 Å². The van der Waals surface area contributed by atoms with Gasteiger partial charge >= 0.3 is 0 Å². The zero-order valence-corrected chi connectivity index (χ0v) is 17.0. The first kappa shape index (κ1) is 19.6. The van der Waals surface area contributed by atoms with Crippen molar-refractivity contribution in [2.45, 2.75) is 32.7 Å². The van der Waals surface area contributed by atoms with E-state index in [-0.39, 0.29) is 5.91 Å². The number of methoxy groups -OCH3 is 2. The highest BCUT2D eigenvalue weighted by Gasteiger charge is 2.17. The third kappa shape index (κ3) is 4.99. The van der Waals surface area contributed by atoms with Crippen LogP contribution in [0.15, 0.2) is 18.2 Å². The molecule has 0 atom stereocenters. The molecule has 1 aromatic heterocycles. The molecule has 1 aromatic carbocycles. The van der Waals surface area contributed by atoms with Gasteiger partial charge in [-0.15, -0.1) is 11.3 Å². The molecule has 2 aromatic rings. The number of nitrogens with one attached hydrogen (secondary N) is 1. The fraction of sp³-hybridized carbons (Fsp3) is 0.500. The molecule has 1 amide bonds. The Kier molecular flexibility index (Phi) is 6.68. The Labute approximate surface area is 164 Å². The van der Waals surface area contributed by atoms with E-state index in [0.29, 0.717) is 22.9 Å². The highest BCUT2D eigenvalue weighted by Crippen LogP contribution is 2.27. The Morgan fingerprint density at radius 1 is 1.22 bits per heavy atom. The van der Waals surface area contributed by atoms with E-state index in [9.17, 15) is 4.79 Å². The lowest BCUT2D eigenvalue weighted by molar-refractivity contribution is 0.0954. The zero-order valence-electron chi connectivity index (χ0n) is 16.2. The van der Waals surface area contributed by atoms with Crippen molar-refractivity contribution in [2.75, 3.05) is 33.9 Å². The van der Waals surface area contributed by atoms with Crippen molar-refractivity contribution >= 4 is 17.2 Å². The van der Waals surface area contributed by atoms with E-state index in [4.69, 9.17) is 9.47 Å². The van der Waals surface area contributed by atoms with Crippen molar-refractivity contribution in [1.82, 2.24) is 15.2 Å². The third-order valence-electron chi connectivity index (χ3n) is 4.79. The lowest BCUT2D eigenvalue weighted by Crippen LogP contribution is -2.22. The maximum Gasteiger partial charge on any atom is 0.263 e. The summed E-state index contributed by atoms with van der Waals surface area (Å²) in [6, 6.07) is 5.64. The number of nitrogens with zero attached hydrogens (tertiary/aromatic N) is 2. The number of carbonyl (C=O) groups excluding carboxylic acids is 1. The normalized spacial score (nSPS) is 14.3. The second-order valence-corrected chi connectivity index (χ2v) is 7.78. The van der Waals surface area contributed by atoms with Crippen molar-refractivity contribution in [3.05, 3.63) is 39.3 Å². The minimum Gasteiger partial charge on any atom is -0.493 e. The number of rotatable bonds is 8. The first-order chi connectivity index (χ1) is 13.1. The van der Waals surface area contributed by atoms with Gasteiger partial charge in [0.05, 0.1) is 24.9 Å². The molecule has 0 spiro atoms. The molecule has 0 saturated carbocycles. The summed E-state index contributed by atoms with van der Waals surface area (Å²) in [6.45, 7) is 5.73. The predicted molar refractivity (Wildman–Crippen MR) is 107 cm³/mol. The number of amides is 1. The summed E-state index contributed by atoms with van der Waals surface area (Å²) in [6.07, 6.45) is 3.50. The first-order valence-corrected chi connectivity index (χ1v) is 10.1. The van der Waals surface area contributed by atoms with E-state index < -0.39 is 0 Å². The van der Waals surface area contributed by atoms with Gasteiger partial charge < -0.3 is 19.7 Å². The molecule has 7 heteroatoms. The molecule has 1 saturated heterocycles. The molecule has 6 nitrogen and oxygen atoms in total. The molecule has 0 bridgehead atoms. The Morgan fingerprint density at radius 2 is 1.96 bits per heavy atom. The number of aromatic nitrogens is 1. The van der Waals surface area contributed by atoms with Gasteiger partial charge in [-0.1, -0.05) is 6.07 Å². The number of hydrogen-bond acceptors (Lipinski definition) is 6. The van der Waals surface area contributed by atoms with Crippen molar-refractivity contribution < 1.29 is 14.3 Å². The highest BCUT2D eigenvalue weighted by molar-refractivity contribution is 7.13. The van der Waals surface area contributed by atoms with Crippen molar-refractivity contribution in [1.29, 1.82) is 0 Å². The van der Waals surface area contributed by atoms with Gasteiger partial charge in [0, 0.05) is 19.5 Å². The zero-order chi connectivity index (χ0) is 19.2. The Hall–Kier alpha value is -2.12. The summed E-state index contributed by atoms with van der Waals surface area (Å²) in [7, 11) is 3.21. The number of carbonyl (C=O) groups is 1. The molecular weight excluding hydrogens is 362 g/mol. The average molecular weight is 390 g/mol. The first-order valence-electron chi connectivity index (χ1n) is 9.28. The highest BCUT2D eigenvalue weighted by atomic mass is 32.1. The van der Waals surface area contributed by atoms with Gasteiger partial charge in [-0.3, -0.25) is 4.79 Å². The van der Waals surface area contributed by atoms with Crippen LogP contribution in [0.25, 0.3) is 0 Å². The molecule has 0 radical (unpaired) electrons. The van der Waals surface area contributed by atoms with Gasteiger partial charge in [0.1, 0.15) is 4.88 Å². The van der Waals surface area contributed by atoms with Crippen LogP contribution >= 0.6 is 11.3 Å². The maximum atomic E-state index is 12.6. The number of aryl methyl sites for hydroxylation is 1. The van der Waals surface area contributed by atoms with Crippen LogP contribution in [0.4, 0.5) is 0 Å². The van der Waals surface area contributed by atoms with Crippen LogP contribution in [-0.2, 0) is 13.0 Å². The molecule has 0 unspecified atom stereocenters. The summed E-state index contributed by atoms with van der Waals surface area (Å²) in [4.78, 5) is 20.3. The topological polar surface area (TPSA) is 63.7 Å². The number of ether oxygens (including phenoxy) is 2. The molecule has 146 valence electrons. The third-order valence-corrected chi connectivity index (χ3v) is 6.00. The van der Waals surface area contributed by atoms with Crippen LogP contribution in [0.1, 0.15) is 38.8 Å². The standard InChI is InChI=1S/C20H27N3O3S/c1-14-19(27-18(22-14)8-11-23-9-4-5-10-23)20(24)21-13-15-6-7-16(25-2)17(12-15)26-3/h6-7,12H,4-5,8-11,13H2,1-3H3,(H,21,24). The number of thiazole rings is 1. The summed E-state index contributed by atoms with van der Waals surface area (Å²) in [5.74, 6) is 1.25. The van der Waals surface area contributed by atoms with Crippen LogP contribution in [0, 0.1) is 6.92 Å². The van der Waals surface area contributed by atoms with E-state index >= 15 is 0 Å². The Balaban J connectivity index is 1.57. The van der Waals surface area contributed by atoms with Gasteiger partial charge in [-0.25, -0.2) is 4.98 Å². The minimum atomic E-state index is -0.0767. The molecule has 1 aliphatic rings. The second-order valence-electron chi connectivity index (χ2n) is 6.69. The van der Waals surface area contributed by atoms with E-state index in [0.717, 1.165) is 29.2 Å². The van der Waals surface area contributed by atoms with Gasteiger partial charge in [-0.2, -0.15) is 0 Å². The van der Waals surface area contributed by atoms with Crippen LogP contribution in [0.2, 0.25) is 0 Å². The van der Waals surface area contributed by atoms with E-state index in [2.05, 4.69) is 15.2 Å². The smallest absolute Gasteiger partial charge is 0.263 e. The second kappa shape index (κ2) is 9.19. The van der Waals surface area contributed by atoms with Crippen LogP contribution in [0.5, 0.6) is 11.5 Å². The summed E-state index contributed by atoms with van der Waals surface area (Å²) in [5, 5.41) is 4.02. The van der Waals surface area contributed by atoms with E-state index in [1.54, 1.807) is 14.2 Å². The number of hydrogen-bond donors (Lipinski definition) is 1. The number of likely N-dealkylation sites (tertiary alicyclic amines) is 1. The molecule has 3 rings (SSSR count). The van der Waals surface area contributed by atoms with E-state index in [1.165, 1.54) is 37.3 Å². The molecule has 1 N–H and O–H groups in total. The average Bonchev–Trinajstić information content (AvgIpc) is 3.33. The molecule has 1 fully saturated rings. The predicted octanol–water partition coefficient (Wildman–Crippen LogP) is 3.04. The number of benzene rings is 1. The van der Waals surface area contributed by atoms with Gasteiger partial charge in [-0.05, 0) is 50.6 Å². The van der Waals surface area contributed by atoms with Gasteiger partial charge in [0.25, 0.3) is 5.91 Å². The lowest BCUT2D eigenvalue weighted by Gasteiger charge is -2.12. The van der Waals surface area contributed by atoms with Crippen molar-refractivity contribution in [2.24, 2.45) is 0 Å². The molecule has 0 aliphatic carbocycles.